The Morgan fingerprint density at radius 3 is 2.85 bits per heavy atom. The van der Waals surface area contributed by atoms with E-state index in [1.165, 1.54) is 4.88 Å². The zero-order valence-corrected chi connectivity index (χ0v) is 10.00. The van der Waals surface area contributed by atoms with Gasteiger partial charge in [0.2, 0.25) is 0 Å². The van der Waals surface area contributed by atoms with E-state index in [1.807, 2.05) is 19.2 Å². The standard InChI is InChI=1S/C9H11BrN2S/c1-9(2,6-11)12-4-8-3-7(10)5-13-8/h3,5,12H,4H2,1-2H3. The minimum Gasteiger partial charge on any atom is -0.295 e. The smallest absolute Gasteiger partial charge is 0.101 e. The van der Waals surface area contributed by atoms with Gasteiger partial charge in [-0.2, -0.15) is 5.26 Å². The maximum absolute atomic E-state index is 8.76. The highest BCUT2D eigenvalue weighted by Crippen LogP contribution is 2.19. The largest absolute Gasteiger partial charge is 0.295 e. The summed E-state index contributed by atoms with van der Waals surface area (Å²) in [4.78, 5) is 1.23. The first-order valence-electron chi connectivity index (χ1n) is 3.93. The van der Waals surface area contributed by atoms with Gasteiger partial charge in [0.25, 0.3) is 0 Å². The molecule has 1 heterocycles. The molecule has 0 aromatic carbocycles. The highest BCUT2D eigenvalue weighted by molar-refractivity contribution is 9.10. The maximum Gasteiger partial charge on any atom is 0.101 e. The van der Waals surface area contributed by atoms with E-state index in [2.05, 4.69) is 33.4 Å². The van der Waals surface area contributed by atoms with Crippen LogP contribution in [-0.2, 0) is 6.54 Å². The van der Waals surface area contributed by atoms with Crippen LogP contribution in [0.2, 0.25) is 0 Å². The van der Waals surface area contributed by atoms with Gasteiger partial charge in [0.15, 0.2) is 0 Å². The van der Waals surface area contributed by atoms with Crippen LogP contribution in [0.4, 0.5) is 0 Å². The third kappa shape index (κ3) is 3.47. The average molecular weight is 259 g/mol. The zero-order valence-electron chi connectivity index (χ0n) is 7.60. The molecule has 13 heavy (non-hydrogen) atoms. The molecule has 0 unspecified atom stereocenters. The van der Waals surface area contributed by atoms with Crippen molar-refractivity contribution in [3.05, 3.63) is 20.8 Å². The fourth-order valence-corrected chi connectivity index (χ4v) is 2.18. The molecule has 70 valence electrons. The molecule has 0 amide bonds. The summed E-state index contributed by atoms with van der Waals surface area (Å²) in [7, 11) is 0. The molecule has 1 aromatic rings. The summed E-state index contributed by atoms with van der Waals surface area (Å²) in [5, 5.41) is 14.0. The highest BCUT2D eigenvalue weighted by Gasteiger charge is 2.14. The van der Waals surface area contributed by atoms with Crippen molar-refractivity contribution in [2.24, 2.45) is 0 Å². The van der Waals surface area contributed by atoms with Crippen LogP contribution in [0.25, 0.3) is 0 Å². The van der Waals surface area contributed by atoms with Crippen molar-refractivity contribution >= 4 is 27.3 Å². The second-order valence-corrected chi connectivity index (χ2v) is 5.23. The Morgan fingerprint density at radius 2 is 2.38 bits per heavy atom. The fourth-order valence-electron chi connectivity index (χ4n) is 0.794. The van der Waals surface area contributed by atoms with Gasteiger partial charge < -0.3 is 0 Å². The summed E-state index contributed by atoms with van der Waals surface area (Å²) < 4.78 is 1.10. The van der Waals surface area contributed by atoms with Crippen LogP contribution in [0.1, 0.15) is 18.7 Å². The molecule has 2 nitrogen and oxygen atoms in total. The molecule has 0 spiro atoms. The lowest BCUT2D eigenvalue weighted by atomic mass is 10.1. The van der Waals surface area contributed by atoms with E-state index in [1.54, 1.807) is 11.3 Å². The Labute approximate surface area is 90.7 Å². The molecular formula is C9H11BrN2S. The predicted octanol–water partition coefficient (Wildman–Crippen LogP) is 2.90. The van der Waals surface area contributed by atoms with Gasteiger partial charge in [-0.15, -0.1) is 11.3 Å². The quantitative estimate of drug-likeness (QED) is 0.905. The summed E-state index contributed by atoms with van der Waals surface area (Å²) in [6.45, 7) is 4.49. The number of nitrogens with one attached hydrogen (secondary N) is 1. The van der Waals surface area contributed by atoms with E-state index in [4.69, 9.17) is 5.26 Å². The summed E-state index contributed by atoms with van der Waals surface area (Å²) in [6.07, 6.45) is 0. The molecule has 1 N–H and O–H groups in total. The molecule has 0 atom stereocenters. The maximum atomic E-state index is 8.76. The number of halogens is 1. The van der Waals surface area contributed by atoms with Crippen molar-refractivity contribution in [2.45, 2.75) is 25.9 Å². The van der Waals surface area contributed by atoms with Crippen LogP contribution < -0.4 is 5.32 Å². The van der Waals surface area contributed by atoms with Crippen molar-refractivity contribution in [2.75, 3.05) is 0 Å². The predicted molar refractivity (Wildman–Crippen MR) is 58.6 cm³/mol. The van der Waals surface area contributed by atoms with Crippen LogP contribution in [0, 0.1) is 11.3 Å². The average Bonchev–Trinajstić information content (AvgIpc) is 2.48. The van der Waals surface area contributed by atoms with E-state index in [0.29, 0.717) is 0 Å². The van der Waals surface area contributed by atoms with E-state index >= 15 is 0 Å². The molecule has 0 bridgehead atoms. The monoisotopic (exact) mass is 258 g/mol. The van der Waals surface area contributed by atoms with Crippen LogP contribution in [-0.4, -0.2) is 5.54 Å². The molecule has 0 aliphatic rings. The van der Waals surface area contributed by atoms with Crippen molar-refractivity contribution in [1.29, 1.82) is 5.26 Å². The molecule has 0 aliphatic heterocycles. The first kappa shape index (κ1) is 10.7. The molecular weight excluding hydrogens is 248 g/mol. The van der Waals surface area contributed by atoms with Crippen LogP contribution >= 0.6 is 27.3 Å². The van der Waals surface area contributed by atoms with Gasteiger partial charge >= 0.3 is 0 Å². The van der Waals surface area contributed by atoms with Crippen molar-refractivity contribution < 1.29 is 0 Å². The number of nitrogens with zero attached hydrogens (tertiary/aromatic N) is 1. The molecule has 0 saturated heterocycles. The summed E-state index contributed by atoms with van der Waals surface area (Å²) in [5.41, 5.74) is -0.448. The molecule has 0 saturated carbocycles. The van der Waals surface area contributed by atoms with Gasteiger partial charge in [0, 0.05) is 21.3 Å². The van der Waals surface area contributed by atoms with Crippen molar-refractivity contribution in [1.82, 2.24) is 5.32 Å². The third-order valence-electron chi connectivity index (χ3n) is 1.61. The lowest BCUT2D eigenvalue weighted by Gasteiger charge is -2.16. The lowest BCUT2D eigenvalue weighted by Crippen LogP contribution is -2.36. The van der Waals surface area contributed by atoms with Crippen molar-refractivity contribution in [3.8, 4) is 6.07 Å². The summed E-state index contributed by atoms with van der Waals surface area (Å²) in [6, 6.07) is 4.26. The first-order chi connectivity index (χ1) is 6.03. The molecule has 0 fully saturated rings. The molecule has 0 radical (unpaired) electrons. The number of thiophene rings is 1. The van der Waals surface area contributed by atoms with E-state index in [9.17, 15) is 0 Å². The Bertz CT molecular complexity index is 325. The van der Waals surface area contributed by atoms with E-state index in [0.717, 1.165) is 11.0 Å². The Kier molecular flexibility index (Phi) is 3.48. The Morgan fingerprint density at radius 1 is 1.69 bits per heavy atom. The first-order valence-corrected chi connectivity index (χ1v) is 5.60. The van der Waals surface area contributed by atoms with E-state index in [-0.39, 0.29) is 0 Å². The second-order valence-electron chi connectivity index (χ2n) is 3.32. The molecule has 1 rings (SSSR count). The zero-order chi connectivity index (χ0) is 9.90. The van der Waals surface area contributed by atoms with Crippen molar-refractivity contribution in [3.63, 3.8) is 0 Å². The fraction of sp³-hybridized carbons (Fsp3) is 0.444. The van der Waals surface area contributed by atoms with Crippen LogP contribution in [0.15, 0.2) is 15.9 Å². The normalized spacial score (nSPS) is 11.2. The van der Waals surface area contributed by atoms with Crippen LogP contribution in [0.3, 0.4) is 0 Å². The number of rotatable bonds is 3. The lowest BCUT2D eigenvalue weighted by molar-refractivity contribution is 0.488. The third-order valence-corrected chi connectivity index (χ3v) is 3.30. The molecule has 0 aliphatic carbocycles. The number of hydrogen-bond donors (Lipinski definition) is 1. The molecule has 1 aromatic heterocycles. The van der Waals surface area contributed by atoms with Crippen LogP contribution in [0.5, 0.6) is 0 Å². The minimum atomic E-state index is -0.448. The Balaban J connectivity index is 2.49. The number of hydrogen-bond acceptors (Lipinski definition) is 3. The summed E-state index contributed by atoms with van der Waals surface area (Å²) in [5.74, 6) is 0. The van der Waals surface area contributed by atoms with Gasteiger partial charge in [-0.25, -0.2) is 0 Å². The summed E-state index contributed by atoms with van der Waals surface area (Å²) >= 11 is 5.07. The number of nitriles is 1. The van der Waals surface area contributed by atoms with Gasteiger partial charge in [-0.1, -0.05) is 0 Å². The second kappa shape index (κ2) is 4.23. The highest BCUT2D eigenvalue weighted by atomic mass is 79.9. The van der Waals surface area contributed by atoms with Gasteiger partial charge in [-0.05, 0) is 35.8 Å². The molecule has 4 heteroatoms. The van der Waals surface area contributed by atoms with E-state index < -0.39 is 5.54 Å². The minimum absolute atomic E-state index is 0.448. The van der Waals surface area contributed by atoms with Gasteiger partial charge in [0.05, 0.1) is 6.07 Å². The topological polar surface area (TPSA) is 35.8 Å². The SMILES string of the molecule is CC(C)(C#N)NCc1cc(Br)cs1. The Hall–Kier alpha value is -0.370. The van der Waals surface area contributed by atoms with Gasteiger partial charge in [0.1, 0.15) is 5.54 Å². The van der Waals surface area contributed by atoms with Gasteiger partial charge in [-0.3, -0.25) is 5.32 Å².